The van der Waals surface area contributed by atoms with Crippen molar-refractivity contribution >= 4 is 11.6 Å². The van der Waals surface area contributed by atoms with Gasteiger partial charge in [-0.05, 0) is 38.0 Å². The molecule has 1 amide bonds. The highest BCUT2D eigenvalue weighted by atomic mass is 16.5. The van der Waals surface area contributed by atoms with Crippen molar-refractivity contribution in [1.29, 1.82) is 0 Å². The molecule has 0 saturated heterocycles. The second-order valence-corrected chi connectivity index (χ2v) is 5.19. The Morgan fingerprint density at radius 1 is 1.41 bits per heavy atom. The zero-order valence-electron chi connectivity index (χ0n) is 10.9. The van der Waals surface area contributed by atoms with Gasteiger partial charge < -0.3 is 9.64 Å². The summed E-state index contributed by atoms with van der Waals surface area (Å²) in [6.45, 7) is 6.36. The molecule has 0 aliphatic carbocycles. The van der Waals surface area contributed by atoms with Crippen molar-refractivity contribution in [2.24, 2.45) is 5.41 Å². The van der Waals surface area contributed by atoms with E-state index < -0.39 is 5.41 Å². The standard InChI is InChI=1S/C14H19NO2/c1-5-10-6-7-12-11(8-10)15(4)13(16)14(2,3)9-17-12/h6-8H,5,9H2,1-4H3. The molecule has 3 heteroatoms. The number of hydrogen-bond donors (Lipinski definition) is 0. The minimum absolute atomic E-state index is 0.101. The zero-order chi connectivity index (χ0) is 12.6. The fraction of sp³-hybridized carbons (Fsp3) is 0.500. The molecule has 1 heterocycles. The number of aryl methyl sites for hydroxylation is 1. The first kappa shape index (κ1) is 12.0. The lowest BCUT2D eigenvalue weighted by molar-refractivity contribution is -0.127. The molecule has 92 valence electrons. The molecule has 17 heavy (non-hydrogen) atoms. The Balaban J connectivity index is 2.48. The number of fused-ring (bicyclic) bond motifs is 1. The van der Waals surface area contributed by atoms with Crippen LogP contribution in [0.5, 0.6) is 5.75 Å². The maximum Gasteiger partial charge on any atom is 0.235 e. The number of hydrogen-bond acceptors (Lipinski definition) is 2. The van der Waals surface area contributed by atoms with E-state index in [0.717, 1.165) is 17.9 Å². The summed E-state index contributed by atoms with van der Waals surface area (Å²) in [6.07, 6.45) is 0.957. The molecule has 0 spiro atoms. The van der Waals surface area contributed by atoms with Gasteiger partial charge in [0.15, 0.2) is 0 Å². The molecule has 1 aromatic carbocycles. The summed E-state index contributed by atoms with van der Waals surface area (Å²) in [5.41, 5.74) is 1.62. The van der Waals surface area contributed by atoms with Gasteiger partial charge >= 0.3 is 0 Å². The number of carbonyl (C=O) groups is 1. The van der Waals surface area contributed by atoms with Gasteiger partial charge in [-0.25, -0.2) is 0 Å². The van der Waals surface area contributed by atoms with Crippen LogP contribution in [0.25, 0.3) is 0 Å². The fourth-order valence-corrected chi connectivity index (χ4v) is 2.05. The molecule has 1 aliphatic rings. The lowest BCUT2D eigenvalue weighted by Gasteiger charge is -2.24. The van der Waals surface area contributed by atoms with Crippen LogP contribution < -0.4 is 9.64 Å². The summed E-state index contributed by atoms with van der Waals surface area (Å²) in [7, 11) is 1.82. The van der Waals surface area contributed by atoms with Gasteiger partial charge in [-0.15, -0.1) is 0 Å². The molecule has 0 unspecified atom stereocenters. The molecule has 2 rings (SSSR count). The van der Waals surface area contributed by atoms with Crippen LogP contribution in [0.3, 0.4) is 0 Å². The van der Waals surface area contributed by atoms with Gasteiger partial charge in [-0.3, -0.25) is 4.79 Å². The molecule has 0 fully saturated rings. The fourth-order valence-electron chi connectivity index (χ4n) is 2.05. The quantitative estimate of drug-likeness (QED) is 0.746. The van der Waals surface area contributed by atoms with E-state index in [9.17, 15) is 4.79 Å². The van der Waals surface area contributed by atoms with Crippen LogP contribution in [0, 0.1) is 5.41 Å². The molecule has 1 aromatic rings. The summed E-state index contributed by atoms with van der Waals surface area (Å²) in [5.74, 6) is 0.896. The Morgan fingerprint density at radius 2 is 2.12 bits per heavy atom. The number of amides is 1. The number of carbonyl (C=O) groups excluding carboxylic acids is 1. The molecule has 0 radical (unpaired) electrons. The van der Waals surface area contributed by atoms with E-state index in [1.807, 2.05) is 33.0 Å². The van der Waals surface area contributed by atoms with Crippen LogP contribution in [-0.4, -0.2) is 19.6 Å². The van der Waals surface area contributed by atoms with Crippen LogP contribution >= 0.6 is 0 Å². The minimum Gasteiger partial charge on any atom is -0.490 e. The third kappa shape index (κ3) is 2.02. The Labute approximate surface area is 102 Å². The van der Waals surface area contributed by atoms with Gasteiger partial charge in [0.25, 0.3) is 0 Å². The highest BCUT2D eigenvalue weighted by Gasteiger charge is 2.35. The number of ether oxygens (including phenoxy) is 1. The van der Waals surface area contributed by atoms with E-state index in [2.05, 4.69) is 13.0 Å². The highest BCUT2D eigenvalue weighted by Crippen LogP contribution is 2.36. The predicted molar refractivity (Wildman–Crippen MR) is 68.5 cm³/mol. The van der Waals surface area contributed by atoms with Gasteiger partial charge in [0, 0.05) is 7.05 Å². The van der Waals surface area contributed by atoms with Gasteiger partial charge in [0.05, 0.1) is 11.1 Å². The van der Waals surface area contributed by atoms with Crippen molar-refractivity contribution in [2.75, 3.05) is 18.6 Å². The van der Waals surface area contributed by atoms with E-state index >= 15 is 0 Å². The third-order valence-electron chi connectivity index (χ3n) is 3.27. The van der Waals surface area contributed by atoms with Gasteiger partial charge in [-0.1, -0.05) is 13.0 Å². The van der Waals surface area contributed by atoms with E-state index in [0.29, 0.717) is 6.61 Å². The van der Waals surface area contributed by atoms with Gasteiger partial charge in [0.1, 0.15) is 12.4 Å². The van der Waals surface area contributed by atoms with Crippen molar-refractivity contribution in [3.05, 3.63) is 23.8 Å². The smallest absolute Gasteiger partial charge is 0.235 e. The second kappa shape index (κ2) is 4.06. The van der Waals surface area contributed by atoms with Crippen LogP contribution in [0.2, 0.25) is 0 Å². The molecule has 3 nitrogen and oxygen atoms in total. The average molecular weight is 233 g/mol. The molecule has 0 aromatic heterocycles. The van der Waals surface area contributed by atoms with Crippen LogP contribution in [0.1, 0.15) is 26.3 Å². The first-order chi connectivity index (χ1) is 7.95. The monoisotopic (exact) mass is 233 g/mol. The summed E-state index contributed by atoms with van der Waals surface area (Å²) < 4.78 is 5.74. The number of nitrogens with zero attached hydrogens (tertiary/aromatic N) is 1. The number of benzene rings is 1. The Bertz CT molecular complexity index is 452. The van der Waals surface area contributed by atoms with Crippen molar-refractivity contribution in [3.63, 3.8) is 0 Å². The van der Waals surface area contributed by atoms with Crippen LogP contribution in [0.4, 0.5) is 5.69 Å². The second-order valence-electron chi connectivity index (χ2n) is 5.19. The number of rotatable bonds is 1. The first-order valence-corrected chi connectivity index (χ1v) is 5.99. The SMILES string of the molecule is CCc1ccc2c(c1)N(C)C(=O)C(C)(C)CO2. The Morgan fingerprint density at radius 3 is 2.76 bits per heavy atom. The largest absolute Gasteiger partial charge is 0.490 e. The minimum atomic E-state index is -0.472. The molecule has 1 aliphatic heterocycles. The van der Waals surface area contributed by atoms with Gasteiger partial charge in [-0.2, -0.15) is 0 Å². The zero-order valence-corrected chi connectivity index (χ0v) is 10.9. The Kier molecular flexibility index (Phi) is 2.86. The Hall–Kier alpha value is -1.51. The maximum atomic E-state index is 12.3. The normalized spacial score (nSPS) is 18.4. The van der Waals surface area contributed by atoms with Crippen LogP contribution in [-0.2, 0) is 11.2 Å². The maximum absolute atomic E-state index is 12.3. The van der Waals surface area contributed by atoms with Crippen molar-refractivity contribution in [3.8, 4) is 5.75 Å². The molecular weight excluding hydrogens is 214 g/mol. The summed E-state index contributed by atoms with van der Waals surface area (Å²) in [4.78, 5) is 14.0. The molecule has 0 N–H and O–H groups in total. The average Bonchev–Trinajstić information content (AvgIpc) is 2.41. The number of anilines is 1. The topological polar surface area (TPSA) is 29.5 Å². The summed E-state index contributed by atoms with van der Waals surface area (Å²) >= 11 is 0. The molecule has 0 bridgehead atoms. The summed E-state index contributed by atoms with van der Waals surface area (Å²) in [6, 6.07) is 6.05. The van der Waals surface area contributed by atoms with Crippen LogP contribution in [0.15, 0.2) is 18.2 Å². The lowest BCUT2D eigenvalue weighted by atomic mass is 9.93. The van der Waals surface area contributed by atoms with Crippen molar-refractivity contribution < 1.29 is 9.53 Å². The summed E-state index contributed by atoms with van der Waals surface area (Å²) in [5, 5.41) is 0. The third-order valence-corrected chi connectivity index (χ3v) is 3.27. The van der Waals surface area contributed by atoms with Gasteiger partial charge in [0.2, 0.25) is 5.91 Å². The van der Waals surface area contributed by atoms with Crippen molar-refractivity contribution in [1.82, 2.24) is 0 Å². The molecular formula is C14H19NO2. The molecule has 0 atom stereocenters. The van der Waals surface area contributed by atoms with E-state index in [-0.39, 0.29) is 5.91 Å². The highest BCUT2D eigenvalue weighted by molar-refractivity contribution is 5.98. The van der Waals surface area contributed by atoms with E-state index in [1.165, 1.54) is 5.56 Å². The van der Waals surface area contributed by atoms with E-state index in [1.54, 1.807) is 4.90 Å². The predicted octanol–water partition coefficient (Wildman–Crippen LogP) is 2.63. The molecule has 0 saturated carbocycles. The van der Waals surface area contributed by atoms with E-state index in [4.69, 9.17) is 4.74 Å². The van der Waals surface area contributed by atoms with Crippen molar-refractivity contribution in [2.45, 2.75) is 27.2 Å². The first-order valence-electron chi connectivity index (χ1n) is 5.99. The lowest BCUT2D eigenvalue weighted by Crippen LogP contribution is -2.39.